The van der Waals surface area contributed by atoms with E-state index in [1.54, 1.807) is 0 Å². The van der Waals surface area contributed by atoms with E-state index in [0.717, 1.165) is 24.2 Å². The van der Waals surface area contributed by atoms with Gasteiger partial charge in [-0.1, -0.05) is 49.4 Å². The molecule has 2 N–H and O–H groups in total. The van der Waals surface area contributed by atoms with Crippen LogP contribution in [-0.4, -0.2) is 6.61 Å². The molecule has 0 saturated heterocycles. The number of rotatable bonds is 6. The predicted molar refractivity (Wildman–Crippen MR) is 84.1 cm³/mol. The Hall–Kier alpha value is -1.80. The Morgan fingerprint density at radius 3 is 2.25 bits per heavy atom. The summed E-state index contributed by atoms with van der Waals surface area (Å²) in [4.78, 5) is 0. The number of nitrogens with two attached hydrogens (primary N) is 1. The van der Waals surface area contributed by atoms with Crippen molar-refractivity contribution in [3.8, 4) is 5.75 Å². The van der Waals surface area contributed by atoms with Gasteiger partial charge in [-0.05, 0) is 37.0 Å². The highest BCUT2D eigenvalue weighted by molar-refractivity contribution is 5.37. The van der Waals surface area contributed by atoms with E-state index in [-0.39, 0.29) is 6.04 Å². The Balaban J connectivity index is 2.12. The third-order valence-corrected chi connectivity index (χ3v) is 3.51. The Morgan fingerprint density at radius 2 is 1.60 bits per heavy atom. The van der Waals surface area contributed by atoms with E-state index in [1.807, 2.05) is 25.1 Å². The topological polar surface area (TPSA) is 35.2 Å². The molecule has 0 bridgehead atoms. The molecule has 2 rings (SSSR count). The molecular weight excluding hydrogens is 246 g/mol. The van der Waals surface area contributed by atoms with Crippen LogP contribution in [0.3, 0.4) is 0 Å². The molecule has 0 aliphatic heterocycles. The smallest absolute Gasteiger partial charge is 0.124 e. The lowest BCUT2D eigenvalue weighted by molar-refractivity contribution is 0.334. The minimum Gasteiger partial charge on any atom is -0.494 e. The molecule has 0 aliphatic rings. The van der Waals surface area contributed by atoms with Gasteiger partial charge in [0.05, 0.1) is 6.61 Å². The number of benzene rings is 2. The zero-order chi connectivity index (χ0) is 14.4. The summed E-state index contributed by atoms with van der Waals surface area (Å²) in [7, 11) is 0. The number of ether oxygens (including phenoxy) is 1. The third kappa shape index (κ3) is 3.61. The molecule has 20 heavy (non-hydrogen) atoms. The van der Waals surface area contributed by atoms with Crippen molar-refractivity contribution in [3.63, 3.8) is 0 Å². The van der Waals surface area contributed by atoms with Crippen molar-refractivity contribution >= 4 is 0 Å². The highest BCUT2D eigenvalue weighted by Gasteiger charge is 2.12. The van der Waals surface area contributed by atoms with Crippen molar-refractivity contribution < 1.29 is 4.74 Å². The average Bonchev–Trinajstić information content (AvgIpc) is 2.49. The molecule has 0 aromatic heterocycles. The van der Waals surface area contributed by atoms with E-state index in [0.29, 0.717) is 6.61 Å². The Kier molecular flexibility index (Phi) is 5.19. The second kappa shape index (κ2) is 7.11. The fraction of sp³-hybridized carbons (Fsp3) is 0.333. The van der Waals surface area contributed by atoms with E-state index in [1.165, 1.54) is 11.1 Å². The maximum Gasteiger partial charge on any atom is 0.124 e. The SMILES string of the molecule is CCOc1ccccc1C(N)Cc1ccc(CC)cc1. The highest BCUT2D eigenvalue weighted by Crippen LogP contribution is 2.26. The molecular formula is C18H23NO. The van der Waals surface area contributed by atoms with Crippen molar-refractivity contribution in [2.75, 3.05) is 6.61 Å². The van der Waals surface area contributed by atoms with Gasteiger partial charge in [-0.3, -0.25) is 0 Å². The standard InChI is InChI=1S/C18H23NO/c1-3-14-9-11-15(12-10-14)13-17(19)16-7-5-6-8-18(16)20-4-2/h5-12,17H,3-4,13,19H2,1-2H3. The summed E-state index contributed by atoms with van der Waals surface area (Å²) < 4.78 is 5.65. The third-order valence-electron chi connectivity index (χ3n) is 3.51. The van der Waals surface area contributed by atoms with Crippen LogP contribution in [0.15, 0.2) is 48.5 Å². The van der Waals surface area contributed by atoms with Crippen molar-refractivity contribution in [3.05, 3.63) is 65.2 Å². The maximum atomic E-state index is 6.35. The van der Waals surface area contributed by atoms with Gasteiger partial charge < -0.3 is 10.5 Å². The van der Waals surface area contributed by atoms with Crippen molar-refractivity contribution in [2.45, 2.75) is 32.7 Å². The van der Waals surface area contributed by atoms with Crippen molar-refractivity contribution in [2.24, 2.45) is 5.73 Å². The van der Waals surface area contributed by atoms with Crippen LogP contribution in [0.2, 0.25) is 0 Å². The molecule has 2 nitrogen and oxygen atoms in total. The fourth-order valence-corrected chi connectivity index (χ4v) is 2.35. The van der Waals surface area contributed by atoms with Crippen LogP contribution >= 0.6 is 0 Å². The van der Waals surface area contributed by atoms with Gasteiger partial charge in [0, 0.05) is 11.6 Å². The zero-order valence-electron chi connectivity index (χ0n) is 12.3. The van der Waals surface area contributed by atoms with Gasteiger partial charge in [-0.2, -0.15) is 0 Å². The van der Waals surface area contributed by atoms with Crippen LogP contribution in [-0.2, 0) is 12.8 Å². The molecule has 0 amide bonds. The van der Waals surface area contributed by atoms with Gasteiger partial charge >= 0.3 is 0 Å². The van der Waals surface area contributed by atoms with E-state index >= 15 is 0 Å². The molecule has 0 fully saturated rings. The second-order valence-electron chi connectivity index (χ2n) is 4.95. The molecule has 2 heteroatoms. The van der Waals surface area contributed by atoms with Crippen LogP contribution in [0.4, 0.5) is 0 Å². The average molecular weight is 269 g/mol. The summed E-state index contributed by atoms with van der Waals surface area (Å²) in [6.07, 6.45) is 1.90. The Bertz CT molecular complexity index is 533. The van der Waals surface area contributed by atoms with E-state index < -0.39 is 0 Å². The minimum atomic E-state index is -0.0368. The van der Waals surface area contributed by atoms with Crippen LogP contribution in [0.5, 0.6) is 5.75 Å². The number of aryl methyl sites for hydroxylation is 1. The lowest BCUT2D eigenvalue weighted by atomic mass is 9.98. The van der Waals surface area contributed by atoms with Crippen molar-refractivity contribution in [1.82, 2.24) is 0 Å². The normalized spacial score (nSPS) is 12.2. The van der Waals surface area contributed by atoms with Crippen LogP contribution in [0, 0.1) is 0 Å². The highest BCUT2D eigenvalue weighted by atomic mass is 16.5. The molecule has 0 spiro atoms. The summed E-state index contributed by atoms with van der Waals surface area (Å²) in [5.74, 6) is 0.896. The first kappa shape index (κ1) is 14.6. The molecule has 0 aliphatic carbocycles. The molecule has 0 saturated carbocycles. The van der Waals surface area contributed by atoms with Gasteiger partial charge in [0.1, 0.15) is 5.75 Å². The molecule has 1 atom stereocenters. The Morgan fingerprint density at radius 1 is 0.950 bits per heavy atom. The lowest BCUT2D eigenvalue weighted by Crippen LogP contribution is -2.14. The van der Waals surface area contributed by atoms with Crippen LogP contribution in [0.1, 0.15) is 36.6 Å². The number of hydrogen-bond acceptors (Lipinski definition) is 2. The molecule has 106 valence electrons. The first-order valence-corrected chi connectivity index (χ1v) is 7.29. The molecule has 0 heterocycles. The zero-order valence-corrected chi connectivity index (χ0v) is 12.3. The first-order valence-electron chi connectivity index (χ1n) is 7.29. The minimum absolute atomic E-state index is 0.0368. The quantitative estimate of drug-likeness (QED) is 0.863. The maximum absolute atomic E-state index is 6.35. The second-order valence-corrected chi connectivity index (χ2v) is 4.95. The monoisotopic (exact) mass is 269 g/mol. The van der Waals surface area contributed by atoms with Gasteiger partial charge in [0.2, 0.25) is 0 Å². The number of hydrogen-bond donors (Lipinski definition) is 1. The Labute approximate surface area is 121 Å². The van der Waals surface area contributed by atoms with E-state index in [2.05, 4.69) is 37.3 Å². The fourth-order valence-electron chi connectivity index (χ4n) is 2.35. The molecule has 1 unspecified atom stereocenters. The number of para-hydroxylation sites is 1. The summed E-state index contributed by atoms with van der Waals surface area (Å²) in [5, 5.41) is 0. The van der Waals surface area contributed by atoms with Gasteiger partial charge in [0.25, 0.3) is 0 Å². The summed E-state index contributed by atoms with van der Waals surface area (Å²) in [6, 6.07) is 16.7. The van der Waals surface area contributed by atoms with E-state index in [4.69, 9.17) is 10.5 Å². The predicted octanol–water partition coefficient (Wildman–Crippen LogP) is 3.89. The van der Waals surface area contributed by atoms with Gasteiger partial charge in [0.15, 0.2) is 0 Å². The largest absolute Gasteiger partial charge is 0.494 e. The van der Waals surface area contributed by atoms with Gasteiger partial charge in [-0.15, -0.1) is 0 Å². The molecule has 2 aromatic rings. The van der Waals surface area contributed by atoms with Crippen molar-refractivity contribution in [1.29, 1.82) is 0 Å². The summed E-state index contributed by atoms with van der Waals surface area (Å²) >= 11 is 0. The first-order chi connectivity index (χ1) is 9.74. The van der Waals surface area contributed by atoms with E-state index in [9.17, 15) is 0 Å². The van der Waals surface area contributed by atoms with Gasteiger partial charge in [-0.25, -0.2) is 0 Å². The summed E-state index contributed by atoms with van der Waals surface area (Å²) in [5.41, 5.74) is 10.0. The molecule has 0 radical (unpaired) electrons. The van der Waals surface area contributed by atoms with Crippen LogP contribution < -0.4 is 10.5 Å². The summed E-state index contributed by atoms with van der Waals surface area (Å²) in [6.45, 7) is 4.82. The molecule has 2 aromatic carbocycles. The lowest BCUT2D eigenvalue weighted by Gasteiger charge is -2.16. The van der Waals surface area contributed by atoms with Crippen LogP contribution in [0.25, 0.3) is 0 Å².